The van der Waals surface area contributed by atoms with Gasteiger partial charge < -0.3 is 30.6 Å². The van der Waals surface area contributed by atoms with E-state index in [2.05, 4.69) is 60.7 Å². The third-order valence-corrected chi connectivity index (χ3v) is 3.54. The van der Waals surface area contributed by atoms with E-state index < -0.39 is 0 Å². The molecule has 7 heteroatoms. The summed E-state index contributed by atoms with van der Waals surface area (Å²) in [6.45, 7) is 0. The van der Waals surface area contributed by atoms with Crippen molar-refractivity contribution in [2.24, 2.45) is 0 Å². The first-order valence-electron chi connectivity index (χ1n) is 11.9. The van der Waals surface area contributed by atoms with E-state index in [1.807, 2.05) is 97.1 Å². The van der Waals surface area contributed by atoms with Crippen LogP contribution in [0.2, 0.25) is 0 Å². The van der Waals surface area contributed by atoms with Gasteiger partial charge in [-0.05, 0) is 10.8 Å². The van der Waals surface area contributed by atoms with Crippen molar-refractivity contribution in [2.45, 2.75) is 0 Å². The monoisotopic (exact) mass is 641 g/mol. The van der Waals surface area contributed by atoms with Crippen LogP contribution < -0.4 is 0 Å². The van der Waals surface area contributed by atoms with E-state index in [0.717, 1.165) is 42.7 Å². The van der Waals surface area contributed by atoms with Gasteiger partial charge in [-0.15, -0.1) is 0 Å². The molecule has 225 valence electrons. The van der Waals surface area contributed by atoms with Crippen molar-refractivity contribution in [1.29, 1.82) is 0 Å². The molecule has 0 spiro atoms. The second kappa shape index (κ2) is 57.2. The van der Waals surface area contributed by atoms with Gasteiger partial charge in [0.15, 0.2) is 0 Å². The van der Waals surface area contributed by atoms with Crippen LogP contribution in [0.25, 0.3) is 10.8 Å². The Bertz CT molecular complexity index is 756. The summed E-state index contributed by atoms with van der Waals surface area (Å²) in [5.74, 6) is 0. The van der Waals surface area contributed by atoms with Gasteiger partial charge in [0.1, 0.15) is 0 Å². The second-order valence-electron chi connectivity index (χ2n) is 5.66. The van der Waals surface area contributed by atoms with Gasteiger partial charge in [-0.1, -0.05) is 84.9 Å². The number of fused-ring (bicyclic) bond motifs is 1. The number of aliphatic hydroxyl groups excluding tert-OH is 6. The first-order chi connectivity index (χ1) is 20.0. The van der Waals surface area contributed by atoms with Gasteiger partial charge in [0.25, 0.3) is 0 Å². The molecule has 5 aromatic carbocycles. The summed E-state index contributed by atoms with van der Waals surface area (Å²) in [6, 6.07) is 53.7. The average molecular weight is 642 g/mol. The van der Waals surface area contributed by atoms with Gasteiger partial charge in [-0.2, -0.15) is 72.8 Å². The fourth-order valence-corrected chi connectivity index (χ4v) is 2.20. The topological polar surface area (TPSA) is 121 Å². The van der Waals surface area contributed by atoms with Crippen molar-refractivity contribution < 1.29 is 63.3 Å². The molecule has 0 bridgehead atoms. The number of hydrogen-bond donors (Lipinski definition) is 6. The second-order valence-corrected chi connectivity index (χ2v) is 5.66. The van der Waals surface area contributed by atoms with Crippen molar-refractivity contribution in [3.63, 3.8) is 0 Å². The first-order valence-corrected chi connectivity index (χ1v) is 11.9. The van der Waals surface area contributed by atoms with Crippen molar-refractivity contribution >= 4 is 10.8 Å². The summed E-state index contributed by atoms with van der Waals surface area (Å²) in [5, 5.41) is 44.6. The van der Waals surface area contributed by atoms with Crippen LogP contribution in [-0.2, 0) is 32.7 Å². The summed E-state index contributed by atoms with van der Waals surface area (Å²) in [5.41, 5.74) is 0. The molecule has 0 saturated heterocycles. The van der Waals surface area contributed by atoms with E-state index in [1.165, 1.54) is 10.8 Å². The zero-order valence-electron chi connectivity index (χ0n) is 25.1. The molecule has 1 radical (unpaired) electrons. The molecule has 0 aliphatic carbocycles. The maximum Gasteiger partial charge on any atom is 0.0319 e. The van der Waals surface area contributed by atoms with Crippen LogP contribution in [0.3, 0.4) is 0 Å². The molecule has 6 N–H and O–H groups in total. The predicted octanol–water partition coefficient (Wildman–Crippen LogP) is 5.15. The Morgan fingerprint density at radius 1 is 0.293 bits per heavy atom. The largest absolute Gasteiger partial charge is 0.400 e. The molecule has 0 amide bonds. The van der Waals surface area contributed by atoms with Gasteiger partial charge in [-0.3, -0.25) is 0 Å². The Kier molecular flexibility index (Phi) is 71.1. The van der Waals surface area contributed by atoms with Crippen molar-refractivity contribution in [3.8, 4) is 0 Å². The summed E-state index contributed by atoms with van der Waals surface area (Å²) < 4.78 is 0. The Hall–Kier alpha value is -2.78. The fourth-order valence-electron chi connectivity index (χ4n) is 2.20. The molecule has 0 aliphatic heterocycles. The summed E-state index contributed by atoms with van der Waals surface area (Å²) in [4.78, 5) is 0. The Labute approximate surface area is 273 Å². The standard InChI is InChI=1S/C10H8.C6H6.2C6H5.6CH4O.Y/c1-2-6-10-8-4-3-7-9(10)5-1;3*1-2-4-6-5-3-1;6*1-2;/h1-8H;1-6H;2*1-5H;6*2H,1H3;/q;;2*-1;;;;;;;. The third-order valence-electron chi connectivity index (χ3n) is 3.54. The predicted molar refractivity (Wildman–Crippen MR) is 170 cm³/mol. The quantitative estimate of drug-likeness (QED) is 0.130. The summed E-state index contributed by atoms with van der Waals surface area (Å²) in [6.07, 6.45) is 0. The van der Waals surface area contributed by atoms with E-state index >= 15 is 0 Å². The first kappa shape index (κ1) is 51.0. The van der Waals surface area contributed by atoms with E-state index in [-0.39, 0.29) is 32.7 Å². The van der Waals surface area contributed by atoms with Crippen LogP contribution in [0.1, 0.15) is 0 Å². The SMILES string of the molecule is CO.CO.CO.CO.CO.CO.[Y].[c-]1ccccc1.[c-]1ccccc1.c1ccc2ccccc2c1.c1ccccc1. The molecular weight excluding hydrogens is 593 g/mol. The average Bonchev–Trinajstić information content (AvgIpc) is 3.13. The Morgan fingerprint density at radius 2 is 0.463 bits per heavy atom. The molecule has 0 fully saturated rings. The maximum absolute atomic E-state index is 7.00. The van der Waals surface area contributed by atoms with E-state index in [0.29, 0.717) is 0 Å². The van der Waals surface area contributed by atoms with E-state index in [4.69, 9.17) is 30.6 Å². The fraction of sp³-hybridized carbons (Fsp3) is 0.176. The number of rotatable bonds is 0. The minimum atomic E-state index is 0. The van der Waals surface area contributed by atoms with Crippen molar-refractivity contribution in [1.82, 2.24) is 0 Å². The number of hydrogen-bond acceptors (Lipinski definition) is 6. The molecule has 0 heterocycles. The van der Waals surface area contributed by atoms with Crippen LogP contribution in [0.5, 0.6) is 0 Å². The maximum atomic E-state index is 7.00. The Morgan fingerprint density at radius 3 is 0.585 bits per heavy atom. The smallest absolute Gasteiger partial charge is 0.0319 e. The molecule has 0 atom stereocenters. The van der Waals surface area contributed by atoms with E-state index in [1.54, 1.807) is 0 Å². The molecule has 41 heavy (non-hydrogen) atoms. The minimum absolute atomic E-state index is 0. The van der Waals surface area contributed by atoms with Gasteiger partial charge >= 0.3 is 0 Å². The van der Waals surface area contributed by atoms with Gasteiger partial charge in [0.05, 0.1) is 0 Å². The zero-order valence-corrected chi connectivity index (χ0v) is 28.0. The van der Waals surface area contributed by atoms with Gasteiger partial charge in [-0.25, -0.2) is 0 Å². The summed E-state index contributed by atoms with van der Waals surface area (Å²) in [7, 11) is 6.00. The van der Waals surface area contributed by atoms with Crippen molar-refractivity contribution in [3.05, 3.63) is 158 Å². The molecule has 0 aliphatic rings. The van der Waals surface area contributed by atoms with Crippen molar-refractivity contribution in [2.75, 3.05) is 42.7 Å². The molecule has 5 aromatic rings. The van der Waals surface area contributed by atoms with E-state index in [9.17, 15) is 0 Å². The van der Waals surface area contributed by atoms with Gasteiger partial charge in [0.2, 0.25) is 0 Å². The van der Waals surface area contributed by atoms with Crippen LogP contribution in [0.4, 0.5) is 0 Å². The van der Waals surface area contributed by atoms with Crippen LogP contribution >= 0.6 is 0 Å². The molecular formula is C34H48O6Y-2. The number of benzene rings is 5. The molecule has 0 aromatic heterocycles. The van der Waals surface area contributed by atoms with Crippen LogP contribution in [0, 0.1) is 12.1 Å². The summed E-state index contributed by atoms with van der Waals surface area (Å²) >= 11 is 0. The minimum Gasteiger partial charge on any atom is -0.400 e. The third kappa shape index (κ3) is 41.8. The van der Waals surface area contributed by atoms with Gasteiger partial charge in [0, 0.05) is 75.4 Å². The zero-order chi connectivity index (χ0) is 31.5. The molecule has 0 unspecified atom stereocenters. The van der Waals surface area contributed by atoms with Crippen LogP contribution in [-0.4, -0.2) is 73.3 Å². The molecule has 6 nitrogen and oxygen atoms in total. The number of aliphatic hydroxyl groups is 6. The molecule has 5 rings (SSSR count). The Balaban J connectivity index is -0.0000000895. The van der Waals surface area contributed by atoms with Crippen LogP contribution in [0.15, 0.2) is 146 Å². The molecule has 0 saturated carbocycles. The normalized spacial score (nSPS) is 6.83.